The topological polar surface area (TPSA) is 68.0 Å². The van der Waals surface area contributed by atoms with Crippen LogP contribution < -0.4 is 11.1 Å². The number of nitrogen functional groups attached to an aromatic ring is 1. The number of nitrogens with one attached hydrogen (secondary N) is 1. The number of nitrogens with two attached hydrogens (primary N) is 1. The van der Waals surface area contributed by atoms with Crippen molar-refractivity contribution in [3.8, 4) is 0 Å². The van der Waals surface area contributed by atoms with E-state index in [1.54, 1.807) is 6.07 Å². The molecule has 0 atom stereocenters. The second-order valence-electron chi connectivity index (χ2n) is 3.62. The molecule has 19 heavy (non-hydrogen) atoms. The summed E-state index contributed by atoms with van der Waals surface area (Å²) < 4.78 is 27.5. The zero-order valence-electron chi connectivity index (χ0n) is 9.45. The highest BCUT2D eigenvalue weighted by molar-refractivity contribution is 9.10. The normalized spacial score (nSPS) is 10.3. The first kappa shape index (κ1) is 13.4. The van der Waals surface area contributed by atoms with Crippen LogP contribution in [0.2, 0.25) is 0 Å². The van der Waals surface area contributed by atoms with Crippen LogP contribution in [-0.2, 0) is 0 Å². The molecule has 7 heteroatoms. The summed E-state index contributed by atoms with van der Waals surface area (Å²) in [7, 11) is 0. The van der Waals surface area contributed by atoms with Crippen molar-refractivity contribution in [1.82, 2.24) is 4.98 Å². The van der Waals surface area contributed by atoms with Crippen LogP contribution in [0, 0.1) is 11.6 Å². The van der Waals surface area contributed by atoms with Gasteiger partial charge in [-0.3, -0.25) is 4.79 Å². The molecule has 0 saturated carbocycles. The summed E-state index contributed by atoms with van der Waals surface area (Å²) in [6, 6.07) is 5.11. The predicted octanol–water partition coefficient (Wildman–Crippen LogP) is 2.96. The lowest BCUT2D eigenvalue weighted by Crippen LogP contribution is -2.17. The second kappa shape index (κ2) is 5.31. The van der Waals surface area contributed by atoms with Gasteiger partial charge in [-0.2, -0.15) is 0 Å². The zero-order valence-corrected chi connectivity index (χ0v) is 11.0. The third kappa shape index (κ3) is 2.70. The van der Waals surface area contributed by atoms with Crippen molar-refractivity contribution >= 4 is 33.2 Å². The van der Waals surface area contributed by atoms with Gasteiger partial charge in [-0.15, -0.1) is 0 Å². The number of carbonyl (C=O) groups excluding carboxylic acids is 1. The van der Waals surface area contributed by atoms with Crippen LogP contribution in [-0.4, -0.2) is 10.9 Å². The Morgan fingerprint density at radius 2 is 2.05 bits per heavy atom. The van der Waals surface area contributed by atoms with Crippen molar-refractivity contribution in [3.05, 3.63) is 52.3 Å². The molecule has 0 aliphatic carbocycles. The lowest BCUT2D eigenvalue weighted by atomic mass is 10.1. The van der Waals surface area contributed by atoms with E-state index in [1.165, 1.54) is 12.3 Å². The van der Waals surface area contributed by atoms with Gasteiger partial charge in [0.1, 0.15) is 16.0 Å². The minimum Gasteiger partial charge on any atom is -0.396 e. The molecule has 0 bridgehead atoms. The van der Waals surface area contributed by atoms with Crippen LogP contribution in [0.25, 0.3) is 0 Å². The van der Waals surface area contributed by atoms with E-state index in [-0.39, 0.29) is 5.69 Å². The number of anilines is 2. The average molecular weight is 328 g/mol. The highest BCUT2D eigenvalue weighted by Crippen LogP contribution is 2.22. The number of pyridine rings is 1. The molecule has 0 aliphatic heterocycles. The summed E-state index contributed by atoms with van der Waals surface area (Å²) in [6.45, 7) is 0. The van der Waals surface area contributed by atoms with Crippen molar-refractivity contribution in [2.75, 3.05) is 11.1 Å². The Hall–Kier alpha value is -2.02. The lowest BCUT2D eigenvalue weighted by Gasteiger charge is -2.09. The van der Waals surface area contributed by atoms with Gasteiger partial charge in [-0.25, -0.2) is 13.8 Å². The van der Waals surface area contributed by atoms with E-state index >= 15 is 0 Å². The quantitative estimate of drug-likeness (QED) is 0.658. The summed E-state index contributed by atoms with van der Waals surface area (Å²) in [5.41, 5.74) is 4.59. The minimum atomic E-state index is -1.09. The zero-order chi connectivity index (χ0) is 14.0. The molecule has 0 aliphatic rings. The lowest BCUT2D eigenvalue weighted by molar-refractivity contribution is 0.101. The maximum atomic E-state index is 13.7. The molecule has 1 aromatic carbocycles. The van der Waals surface area contributed by atoms with Crippen LogP contribution in [0.15, 0.2) is 35.1 Å². The maximum absolute atomic E-state index is 13.7. The first-order valence-corrected chi connectivity index (χ1v) is 5.95. The molecule has 0 fully saturated rings. The Bertz CT molecular complexity index is 649. The van der Waals surface area contributed by atoms with Gasteiger partial charge in [0.15, 0.2) is 5.82 Å². The molecule has 0 saturated heterocycles. The van der Waals surface area contributed by atoms with Gasteiger partial charge in [-0.1, -0.05) is 0 Å². The summed E-state index contributed by atoms with van der Waals surface area (Å²) in [4.78, 5) is 15.7. The highest BCUT2D eigenvalue weighted by atomic mass is 79.9. The standard InChI is InChI=1S/C12H8BrF2N3O/c13-11-8(2-1-5-17-11)18-12(19)9-6(14)3-4-7(16)10(9)15/h1-5H,16H2,(H,18,19). The molecule has 0 radical (unpaired) electrons. The third-order valence-electron chi connectivity index (χ3n) is 2.36. The van der Waals surface area contributed by atoms with Gasteiger partial charge in [0.25, 0.3) is 5.91 Å². The van der Waals surface area contributed by atoms with E-state index in [9.17, 15) is 13.6 Å². The Morgan fingerprint density at radius 1 is 1.32 bits per heavy atom. The van der Waals surface area contributed by atoms with Crippen molar-refractivity contribution < 1.29 is 13.6 Å². The molecule has 3 N–H and O–H groups in total. The first-order chi connectivity index (χ1) is 9.00. The van der Waals surface area contributed by atoms with Crippen molar-refractivity contribution in [2.45, 2.75) is 0 Å². The predicted molar refractivity (Wildman–Crippen MR) is 70.7 cm³/mol. The van der Waals surface area contributed by atoms with E-state index in [0.29, 0.717) is 10.3 Å². The first-order valence-electron chi connectivity index (χ1n) is 5.16. The van der Waals surface area contributed by atoms with Gasteiger partial charge < -0.3 is 11.1 Å². The number of aromatic nitrogens is 1. The number of hydrogen-bond donors (Lipinski definition) is 2. The number of benzene rings is 1. The van der Waals surface area contributed by atoms with Crippen molar-refractivity contribution in [2.24, 2.45) is 0 Å². The Kier molecular flexibility index (Phi) is 3.75. The Morgan fingerprint density at radius 3 is 2.74 bits per heavy atom. The molecule has 1 aromatic heterocycles. The van der Waals surface area contributed by atoms with Crippen molar-refractivity contribution in [1.29, 1.82) is 0 Å². The second-order valence-corrected chi connectivity index (χ2v) is 4.37. The van der Waals surface area contributed by atoms with Gasteiger partial charge >= 0.3 is 0 Å². The van der Waals surface area contributed by atoms with Gasteiger partial charge in [0.05, 0.1) is 11.4 Å². The van der Waals surface area contributed by atoms with E-state index in [2.05, 4.69) is 26.2 Å². The molecule has 1 heterocycles. The summed E-state index contributed by atoms with van der Waals surface area (Å²) in [6.07, 6.45) is 1.50. The van der Waals surface area contributed by atoms with Crippen LogP contribution >= 0.6 is 15.9 Å². The van der Waals surface area contributed by atoms with Gasteiger partial charge in [0, 0.05) is 6.20 Å². The van der Waals surface area contributed by atoms with Gasteiger partial charge in [-0.05, 0) is 40.2 Å². The SMILES string of the molecule is Nc1ccc(F)c(C(=O)Nc2cccnc2Br)c1F. The summed E-state index contributed by atoms with van der Waals surface area (Å²) in [5.74, 6) is -3.00. The fraction of sp³-hybridized carbons (Fsp3) is 0. The maximum Gasteiger partial charge on any atom is 0.261 e. The number of halogens is 3. The minimum absolute atomic E-state index is 0.295. The summed E-state index contributed by atoms with van der Waals surface area (Å²) >= 11 is 3.11. The number of amides is 1. The molecule has 1 amide bonds. The van der Waals surface area contributed by atoms with Crippen LogP contribution in [0.3, 0.4) is 0 Å². The van der Waals surface area contributed by atoms with E-state index < -0.39 is 23.1 Å². The smallest absolute Gasteiger partial charge is 0.261 e. The monoisotopic (exact) mass is 327 g/mol. The highest BCUT2D eigenvalue weighted by Gasteiger charge is 2.20. The van der Waals surface area contributed by atoms with E-state index in [0.717, 1.165) is 12.1 Å². The summed E-state index contributed by atoms with van der Waals surface area (Å²) in [5, 5.41) is 2.35. The van der Waals surface area contributed by atoms with Crippen molar-refractivity contribution in [3.63, 3.8) is 0 Å². The molecule has 4 nitrogen and oxygen atoms in total. The fourth-order valence-electron chi connectivity index (χ4n) is 1.44. The average Bonchev–Trinajstić information content (AvgIpc) is 2.37. The number of rotatable bonds is 2. The molecule has 0 unspecified atom stereocenters. The number of carbonyl (C=O) groups is 1. The Labute approximate surface area is 115 Å². The van der Waals surface area contributed by atoms with Crippen LogP contribution in [0.1, 0.15) is 10.4 Å². The van der Waals surface area contributed by atoms with E-state index in [1.807, 2.05) is 0 Å². The van der Waals surface area contributed by atoms with Crippen LogP contribution in [0.4, 0.5) is 20.2 Å². The molecular formula is C12H8BrF2N3O. The molecular weight excluding hydrogens is 320 g/mol. The fourth-order valence-corrected chi connectivity index (χ4v) is 1.79. The molecule has 0 spiro atoms. The largest absolute Gasteiger partial charge is 0.396 e. The Balaban J connectivity index is 2.36. The molecule has 2 rings (SSSR count). The van der Waals surface area contributed by atoms with Gasteiger partial charge in [0.2, 0.25) is 0 Å². The third-order valence-corrected chi connectivity index (χ3v) is 2.99. The van der Waals surface area contributed by atoms with Crippen LogP contribution in [0.5, 0.6) is 0 Å². The number of hydrogen-bond acceptors (Lipinski definition) is 3. The molecule has 98 valence electrons. The number of nitrogens with zero attached hydrogens (tertiary/aromatic N) is 1. The van der Waals surface area contributed by atoms with E-state index in [4.69, 9.17) is 5.73 Å². The molecule has 2 aromatic rings.